The Morgan fingerprint density at radius 3 is 1.34 bits per heavy atom. The molecule has 7 heteroatoms. The quantitative estimate of drug-likeness (QED) is 0.333. The van der Waals surface area contributed by atoms with Crippen molar-refractivity contribution in [2.24, 2.45) is 0 Å². The van der Waals surface area contributed by atoms with Crippen molar-refractivity contribution in [3.05, 3.63) is 130 Å². The summed E-state index contributed by atoms with van der Waals surface area (Å²) in [6.45, 7) is 0. The first-order chi connectivity index (χ1) is 13.9. The summed E-state index contributed by atoms with van der Waals surface area (Å²) in [4.78, 5) is 13.6. The van der Waals surface area contributed by atoms with Gasteiger partial charge >= 0.3 is 38.1 Å². The van der Waals surface area contributed by atoms with E-state index >= 15 is 0 Å². The molecule has 5 rings (SSSR count). The van der Waals surface area contributed by atoms with Crippen molar-refractivity contribution in [2.75, 3.05) is 0 Å². The molecule has 0 bridgehead atoms. The number of pyridine rings is 3. The van der Waals surface area contributed by atoms with Crippen molar-refractivity contribution in [2.45, 2.75) is 0 Å². The van der Waals surface area contributed by atoms with E-state index in [1.807, 2.05) is 81.3 Å². The van der Waals surface area contributed by atoms with Crippen molar-refractivity contribution in [1.82, 2.24) is 15.0 Å². The molecule has 0 unspecified atom stereocenters. The zero-order chi connectivity index (χ0) is 19.0. The van der Waals surface area contributed by atoms with Crippen LogP contribution in [0.4, 0.5) is 0 Å². The summed E-state index contributed by atoms with van der Waals surface area (Å²) in [5.41, 5.74) is 4.54. The first-order valence-electron chi connectivity index (χ1n) is 9.14. The standard InChI is InChI=1S/C20H14N3.C5H5.2ClH.Fe.Pt/c1-2-8-15(7-1)16-13-19(17-9-3-5-11-21-17)23-20(14-16)18-10-4-6-12-22-18;1-2-4-5-3-1;;;;/h1-14H;1-5H;2*1H;;/q;;;;2*+2/p-2. The molecule has 0 saturated heterocycles. The molecule has 2 fully saturated rings. The summed E-state index contributed by atoms with van der Waals surface area (Å²) in [5, 5.41) is 0. The minimum Gasteiger partial charge on any atom is -1.00 e. The van der Waals surface area contributed by atoms with Gasteiger partial charge in [0.1, 0.15) is 0 Å². The van der Waals surface area contributed by atoms with Crippen molar-refractivity contribution in [3.8, 4) is 22.8 Å². The van der Waals surface area contributed by atoms with Crippen LogP contribution in [0.3, 0.4) is 0 Å². The molecule has 0 spiro atoms. The maximum Gasteiger partial charge on any atom is 2.00 e. The first kappa shape index (κ1) is 31.2. The average Bonchev–Trinajstić information content (AvgIpc) is 3.52. The Labute approximate surface area is 229 Å². The minimum atomic E-state index is 0. The van der Waals surface area contributed by atoms with Gasteiger partial charge < -0.3 is 24.8 Å². The van der Waals surface area contributed by atoms with Gasteiger partial charge in [-0.1, -0.05) is 12.1 Å². The van der Waals surface area contributed by atoms with E-state index in [0.717, 1.165) is 28.3 Å². The third-order valence-electron chi connectivity index (χ3n) is 4.23. The molecule has 0 aliphatic heterocycles. The normalized spacial score (nSPS) is 14.5. The van der Waals surface area contributed by atoms with Crippen molar-refractivity contribution >= 4 is 0 Å². The number of aromatic nitrogens is 3. The second-order valence-corrected chi connectivity index (χ2v) is 6.19. The van der Waals surface area contributed by atoms with Crippen LogP contribution in [0.5, 0.6) is 0 Å². The largest absolute Gasteiger partial charge is 2.00 e. The van der Waals surface area contributed by atoms with E-state index in [2.05, 4.69) is 34.9 Å². The van der Waals surface area contributed by atoms with E-state index in [0.29, 0.717) is 0 Å². The summed E-state index contributed by atoms with van der Waals surface area (Å²) in [5.74, 6) is 1.17. The van der Waals surface area contributed by atoms with E-state index < -0.39 is 0 Å². The van der Waals surface area contributed by atoms with E-state index in [4.69, 9.17) is 4.98 Å². The Balaban J connectivity index is 0.000000953. The number of nitrogens with zero attached hydrogens (tertiary/aromatic N) is 3. The van der Waals surface area contributed by atoms with Crippen LogP contribution in [-0.4, -0.2) is 15.0 Å². The zero-order valence-corrected chi connectivity index (χ0v) is 21.6. The molecule has 0 aromatic carbocycles. The van der Waals surface area contributed by atoms with Gasteiger partial charge in [0.2, 0.25) is 0 Å². The predicted octanol–water partition coefficient (Wildman–Crippen LogP) is -1.02. The second kappa shape index (κ2) is 16.8. The monoisotopic (exact) mass is 682 g/mol. The molecule has 0 atom stereocenters. The fraction of sp³-hybridized carbons (Fsp3) is 0. The number of hydrogen-bond donors (Lipinski definition) is 0. The number of rotatable bonds is 3. The van der Waals surface area contributed by atoms with Crippen LogP contribution in [0.25, 0.3) is 22.8 Å². The van der Waals surface area contributed by atoms with Gasteiger partial charge in [-0.25, -0.2) is 4.98 Å². The fourth-order valence-electron chi connectivity index (χ4n) is 2.88. The van der Waals surface area contributed by atoms with Crippen molar-refractivity contribution in [3.63, 3.8) is 0 Å². The van der Waals surface area contributed by atoms with E-state index in [9.17, 15) is 0 Å². The summed E-state index contributed by atoms with van der Waals surface area (Å²) in [6, 6.07) is 15.8. The summed E-state index contributed by atoms with van der Waals surface area (Å²) in [7, 11) is 0. The van der Waals surface area contributed by atoms with Gasteiger partial charge in [-0.05, 0) is 99.7 Å². The summed E-state index contributed by atoms with van der Waals surface area (Å²) >= 11 is 0. The molecule has 2 saturated carbocycles. The van der Waals surface area contributed by atoms with Crippen LogP contribution in [0, 0.1) is 63.7 Å². The van der Waals surface area contributed by atoms with Gasteiger partial charge in [0, 0.05) is 18.3 Å². The zero-order valence-electron chi connectivity index (χ0n) is 16.7. The van der Waals surface area contributed by atoms with Crippen LogP contribution < -0.4 is 24.8 Å². The summed E-state index contributed by atoms with van der Waals surface area (Å²) < 4.78 is 0. The van der Waals surface area contributed by atoms with Crippen LogP contribution >= 0.6 is 0 Å². The third-order valence-corrected chi connectivity index (χ3v) is 4.23. The predicted molar refractivity (Wildman–Crippen MR) is 112 cm³/mol. The van der Waals surface area contributed by atoms with Gasteiger partial charge in [0.05, 0.1) is 22.8 Å². The summed E-state index contributed by atoms with van der Waals surface area (Å²) in [6.07, 6.45) is 21.8. The van der Waals surface area contributed by atoms with Crippen molar-refractivity contribution < 1.29 is 62.9 Å². The van der Waals surface area contributed by atoms with Crippen LogP contribution in [0.15, 0.2) is 60.9 Å². The van der Waals surface area contributed by atoms with E-state index in [1.165, 1.54) is 5.92 Å². The van der Waals surface area contributed by atoms with E-state index in [-0.39, 0.29) is 62.9 Å². The molecular formula is C25H19Cl2FeN3Pt+2. The molecule has 32 heavy (non-hydrogen) atoms. The van der Waals surface area contributed by atoms with Gasteiger partial charge in [0.15, 0.2) is 0 Å². The second-order valence-electron chi connectivity index (χ2n) is 6.19. The minimum absolute atomic E-state index is 0. The molecule has 0 amide bonds. The van der Waals surface area contributed by atoms with Gasteiger partial charge in [-0.15, -0.1) is 0 Å². The number of halogens is 2. The maximum absolute atomic E-state index is 4.76. The molecule has 2 aliphatic rings. The number of hydrogen-bond acceptors (Lipinski definition) is 3. The fourth-order valence-corrected chi connectivity index (χ4v) is 2.88. The third kappa shape index (κ3) is 8.88. The molecule has 3 nitrogen and oxygen atoms in total. The molecule has 10 radical (unpaired) electrons. The molecule has 3 aromatic rings. The molecule has 164 valence electrons. The Hall–Kier alpha value is -0.762. The molecule has 0 N–H and O–H groups in total. The Morgan fingerprint density at radius 2 is 0.969 bits per heavy atom. The van der Waals surface area contributed by atoms with Gasteiger partial charge in [0.25, 0.3) is 0 Å². The molecule has 3 heterocycles. The Kier molecular flexibility index (Phi) is 16.4. The van der Waals surface area contributed by atoms with E-state index in [1.54, 1.807) is 12.4 Å². The van der Waals surface area contributed by atoms with Gasteiger partial charge in [-0.3, -0.25) is 9.97 Å². The van der Waals surface area contributed by atoms with Crippen LogP contribution in [0.2, 0.25) is 0 Å². The SMILES string of the molecule is [CH]1[CH][CH][CH][CH]1.[CH]1[CH][CH][C](c2cc(-c3ccccn3)nc(-c3ccccn3)c2)[CH]1.[Cl-].[Cl-].[Fe+2].[Pt+2]. The van der Waals surface area contributed by atoms with Crippen LogP contribution in [0.1, 0.15) is 5.56 Å². The van der Waals surface area contributed by atoms with Crippen molar-refractivity contribution in [1.29, 1.82) is 0 Å². The Bertz CT molecular complexity index is 810. The average molecular weight is 683 g/mol. The topological polar surface area (TPSA) is 38.7 Å². The van der Waals surface area contributed by atoms with Gasteiger partial charge in [-0.2, -0.15) is 0 Å². The molecular weight excluding hydrogens is 664 g/mol. The smallest absolute Gasteiger partial charge is 1.00 e. The first-order valence-corrected chi connectivity index (χ1v) is 9.14. The molecule has 2 aliphatic carbocycles. The van der Waals surface area contributed by atoms with Crippen LogP contribution in [-0.2, 0) is 38.1 Å². The molecule has 3 aromatic heterocycles. The Morgan fingerprint density at radius 1 is 0.531 bits per heavy atom. The maximum atomic E-state index is 4.76.